The zero-order valence-corrected chi connectivity index (χ0v) is 11.9. The molecular formula is C13H10BrClN2O. The first kappa shape index (κ1) is 13.1. The molecule has 2 aromatic rings. The second kappa shape index (κ2) is 5.50. The molecule has 1 aromatic heterocycles. The average Bonchev–Trinajstić information content (AvgIpc) is 2.34. The van der Waals surface area contributed by atoms with Gasteiger partial charge in [-0.2, -0.15) is 0 Å². The van der Waals surface area contributed by atoms with E-state index in [1.807, 2.05) is 13.0 Å². The fraction of sp³-hybridized carbons (Fsp3) is 0.0769. The van der Waals surface area contributed by atoms with E-state index in [0.717, 1.165) is 10.0 Å². The second-order valence-electron chi connectivity index (χ2n) is 3.82. The fourth-order valence-corrected chi connectivity index (χ4v) is 2.01. The third kappa shape index (κ3) is 3.09. The van der Waals surface area contributed by atoms with E-state index in [9.17, 15) is 4.79 Å². The number of aromatic nitrogens is 1. The number of anilines is 1. The number of nitrogens with zero attached hydrogens (tertiary/aromatic N) is 1. The number of amides is 1. The van der Waals surface area contributed by atoms with Crippen LogP contribution < -0.4 is 5.32 Å². The van der Waals surface area contributed by atoms with Gasteiger partial charge in [0.2, 0.25) is 0 Å². The molecule has 0 spiro atoms. The highest BCUT2D eigenvalue weighted by Gasteiger charge is 2.09. The Morgan fingerprint density at radius 2 is 2.17 bits per heavy atom. The first-order valence-corrected chi connectivity index (χ1v) is 6.42. The normalized spacial score (nSPS) is 10.2. The van der Waals surface area contributed by atoms with Gasteiger partial charge < -0.3 is 5.32 Å². The number of rotatable bonds is 2. The summed E-state index contributed by atoms with van der Waals surface area (Å²) in [5, 5.41) is 3.02. The molecule has 0 aliphatic heterocycles. The summed E-state index contributed by atoms with van der Waals surface area (Å²) >= 11 is 9.25. The van der Waals surface area contributed by atoms with Gasteiger partial charge in [0.25, 0.3) is 5.91 Å². The molecule has 1 amide bonds. The van der Waals surface area contributed by atoms with Crippen LogP contribution in [0.4, 0.5) is 5.69 Å². The standard InChI is InChI=1S/C13H10BrClN2O/c1-8-5-11(12(15)16-7-8)17-13(18)9-3-2-4-10(14)6-9/h2-7H,1H3,(H,17,18). The molecule has 0 saturated carbocycles. The smallest absolute Gasteiger partial charge is 0.255 e. The van der Waals surface area contributed by atoms with Crippen molar-refractivity contribution in [1.29, 1.82) is 0 Å². The Labute approximate surface area is 118 Å². The number of hydrogen-bond donors (Lipinski definition) is 1. The number of carbonyl (C=O) groups is 1. The maximum Gasteiger partial charge on any atom is 0.255 e. The summed E-state index contributed by atoms with van der Waals surface area (Å²) < 4.78 is 0.851. The summed E-state index contributed by atoms with van der Waals surface area (Å²) in [5.74, 6) is -0.217. The Balaban J connectivity index is 2.24. The molecule has 0 aliphatic carbocycles. The van der Waals surface area contributed by atoms with Gasteiger partial charge in [-0.25, -0.2) is 4.98 Å². The molecule has 92 valence electrons. The predicted molar refractivity (Wildman–Crippen MR) is 76.1 cm³/mol. The monoisotopic (exact) mass is 324 g/mol. The molecule has 0 fully saturated rings. The molecule has 0 unspecified atom stereocenters. The van der Waals surface area contributed by atoms with Crippen LogP contribution in [-0.4, -0.2) is 10.9 Å². The number of nitrogens with one attached hydrogen (secondary N) is 1. The van der Waals surface area contributed by atoms with Crippen LogP contribution in [0, 0.1) is 6.92 Å². The number of halogens is 2. The molecule has 1 heterocycles. The second-order valence-corrected chi connectivity index (χ2v) is 5.09. The van der Waals surface area contributed by atoms with Crippen LogP contribution >= 0.6 is 27.5 Å². The summed E-state index contributed by atoms with van der Waals surface area (Å²) in [6.07, 6.45) is 1.65. The molecule has 1 N–H and O–H groups in total. The molecule has 0 aliphatic rings. The number of benzene rings is 1. The van der Waals surface area contributed by atoms with Crippen molar-refractivity contribution in [3.8, 4) is 0 Å². The number of hydrogen-bond acceptors (Lipinski definition) is 2. The van der Waals surface area contributed by atoms with E-state index >= 15 is 0 Å². The quantitative estimate of drug-likeness (QED) is 0.846. The van der Waals surface area contributed by atoms with E-state index < -0.39 is 0 Å². The van der Waals surface area contributed by atoms with E-state index in [1.54, 1.807) is 30.5 Å². The summed E-state index contributed by atoms with van der Waals surface area (Å²) in [7, 11) is 0. The Morgan fingerprint density at radius 1 is 1.39 bits per heavy atom. The van der Waals surface area contributed by atoms with Gasteiger partial charge in [0, 0.05) is 16.2 Å². The lowest BCUT2D eigenvalue weighted by Crippen LogP contribution is -2.12. The van der Waals surface area contributed by atoms with Crippen LogP contribution in [0.15, 0.2) is 41.0 Å². The molecule has 3 nitrogen and oxygen atoms in total. The van der Waals surface area contributed by atoms with Crippen molar-refractivity contribution in [2.45, 2.75) is 6.92 Å². The molecule has 0 atom stereocenters. The molecular weight excluding hydrogens is 316 g/mol. The van der Waals surface area contributed by atoms with Crippen LogP contribution in [0.3, 0.4) is 0 Å². The Morgan fingerprint density at radius 3 is 2.89 bits per heavy atom. The maximum atomic E-state index is 12.0. The zero-order chi connectivity index (χ0) is 13.1. The first-order valence-electron chi connectivity index (χ1n) is 5.25. The first-order chi connectivity index (χ1) is 8.56. The van der Waals surface area contributed by atoms with Gasteiger partial charge in [0.15, 0.2) is 5.15 Å². The highest BCUT2D eigenvalue weighted by Crippen LogP contribution is 2.21. The van der Waals surface area contributed by atoms with E-state index in [0.29, 0.717) is 11.3 Å². The van der Waals surface area contributed by atoms with Crippen LogP contribution in [0.5, 0.6) is 0 Å². The van der Waals surface area contributed by atoms with Gasteiger partial charge in [-0.1, -0.05) is 33.6 Å². The van der Waals surface area contributed by atoms with Crippen molar-refractivity contribution < 1.29 is 4.79 Å². The zero-order valence-electron chi connectivity index (χ0n) is 9.58. The molecule has 0 bridgehead atoms. The summed E-state index contributed by atoms with van der Waals surface area (Å²) in [6.45, 7) is 1.89. The SMILES string of the molecule is Cc1cnc(Cl)c(NC(=O)c2cccc(Br)c2)c1. The van der Waals surface area contributed by atoms with Crippen molar-refractivity contribution in [1.82, 2.24) is 4.98 Å². The third-order valence-corrected chi connectivity index (χ3v) is 3.11. The molecule has 0 radical (unpaired) electrons. The van der Waals surface area contributed by atoms with Crippen LogP contribution in [0.25, 0.3) is 0 Å². The lowest BCUT2D eigenvalue weighted by molar-refractivity contribution is 0.102. The molecule has 2 rings (SSSR count). The molecule has 0 saturated heterocycles. The summed E-state index contributed by atoms with van der Waals surface area (Å²) in [4.78, 5) is 16.0. The van der Waals surface area contributed by atoms with Gasteiger partial charge in [-0.15, -0.1) is 0 Å². The summed E-state index contributed by atoms with van der Waals surface area (Å²) in [5.41, 5.74) is 2.01. The topological polar surface area (TPSA) is 42.0 Å². The van der Waals surface area contributed by atoms with Crippen molar-refractivity contribution in [2.75, 3.05) is 5.32 Å². The van der Waals surface area contributed by atoms with Crippen molar-refractivity contribution in [3.05, 3.63) is 57.3 Å². The van der Waals surface area contributed by atoms with Crippen LogP contribution in [0.2, 0.25) is 5.15 Å². The molecule has 1 aromatic carbocycles. The minimum Gasteiger partial charge on any atom is -0.319 e. The van der Waals surface area contributed by atoms with Crippen LogP contribution in [0.1, 0.15) is 15.9 Å². The fourth-order valence-electron chi connectivity index (χ4n) is 1.46. The van der Waals surface area contributed by atoms with Gasteiger partial charge in [0.05, 0.1) is 5.69 Å². The van der Waals surface area contributed by atoms with Crippen molar-refractivity contribution >= 4 is 39.1 Å². The Bertz CT molecular complexity index is 601. The lowest BCUT2D eigenvalue weighted by Gasteiger charge is -2.07. The van der Waals surface area contributed by atoms with E-state index in [1.165, 1.54) is 0 Å². The third-order valence-electron chi connectivity index (χ3n) is 2.31. The minimum atomic E-state index is -0.217. The maximum absolute atomic E-state index is 12.0. The lowest BCUT2D eigenvalue weighted by atomic mass is 10.2. The number of pyridine rings is 1. The molecule has 5 heteroatoms. The van der Waals surface area contributed by atoms with Gasteiger partial charge in [0.1, 0.15) is 0 Å². The Hall–Kier alpha value is -1.39. The van der Waals surface area contributed by atoms with Gasteiger partial charge >= 0.3 is 0 Å². The Kier molecular flexibility index (Phi) is 3.99. The van der Waals surface area contributed by atoms with E-state index in [2.05, 4.69) is 26.2 Å². The van der Waals surface area contributed by atoms with E-state index in [4.69, 9.17) is 11.6 Å². The number of carbonyl (C=O) groups excluding carboxylic acids is 1. The van der Waals surface area contributed by atoms with E-state index in [-0.39, 0.29) is 11.1 Å². The number of aryl methyl sites for hydroxylation is 1. The van der Waals surface area contributed by atoms with Crippen molar-refractivity contribution in [2.24, 2.45) is 0 Å². The van der Waals surface area contributed by atoms with Gasteiger partial charge in [-0.3, -0.25) is 4.79 Å². The van der Waals surface area contributed by atoms with Crippen LogP contribution in [-0.2, 0) is 0 Å². The molecule has 18 heavy (non-hydrogen) atoms. The van der Waals surface area contributed by atoms with Crippen molar-refractivity contribution in [3.63, 3.8) is 0 Å². The highest BCUT2D eigenvalue weighted by molar-refractivity contribution is 9.10. The largest absolute Gasteiger partial charge is 0.319 e. The summed E-state index contributed by atoms with van der Waals surface area (Å²) in [6, 6.07) is 8.92. The highest BCUT2D eigenvalue weighted by atomic mass is 79.9. The minimum absolute atomic E-state index is 0.217. The van der Waals surface area contributed by atoms with Gasteiger partial charge in [-0.05, 0) is 36.8 Å². The average molecular weight is 326 g/mol. The predicted octanol–water partition coefficient (Wildman–Crippen LogP) is 4.06.